The van der Waals surface area contributed by atoms with E-state index in [1.54, 1.807) is 6.20 Å². The zero-order chi connectivity index (χ0) is 8.10. The number of hydrogen-bond donors (Lipinski definition) is 1. The van der Waals surface area contributed by atoms with Gasteiger partial charge in [0.05, 0.1) is 0 Å². The van der Waals surface area contributed by atoms with Gasteiger partial charge in [-0.1, -0.05) is 6.08 Å². The van der Waals surface area contributed by atoms with E-state index in [-0.39, 0.29) is 6.03 Å². The summed E-state index contributed by atoms with van der Waals surface area (Å²) in [6, 6.07) is 0.0283. The summed E-state index contributed by atoms with van der Waals surface area (Å²) in [5.74, 6) is 0. The smallest absolute Gasteiger partial charge is 0.321 e. The second kappa shape index (κ2) is 4.01. The molecule has 0 spiro atoms. The highest BCUT2D eigenvalue weighted by atomic mass is 16.2. The predicted molar refractivity (Wildman–Crippen MR) is 44.2 cm³/mol. The molecule has 0 bridgehead atoms. The van der Waals surface area contributed by atoms with Gasteiger partial charge < -0.3 is 10.2 Å². The molecule has 0 unspecified atom stereocenters. The van der Waals surface area contributed by atoms with Crippen molar-refractivity contribution in [3.63, 3.8) is 0 Å². The Labute approximate surface area is 67.1 Å². The molecule has 1 saturated heterocycles. The molecule has 62 valence electrons. The Hall–Kier alpha value is -0.990. The average Bonchev–Trinajstić information content (AvgIpc) is 2.52. The Morgan fingerprint density at radius 2 is 2.09 bits per heavy atom. The molecule has 11 heavy (non-hydrogen) atoms. The van der Waals surface area contributed by atoms with E-state index in [4.69, 9.17) is 0 Å². The number of urea groups is 1. The molecule has 0 atom stereocenters. The molecule has 0 aromatic heterocycles. The SMILES string of the molecule is C/C=C/NC(=O)N1CCCC1. The first-order valence-corrected chi connectivity index (χ1v) is 4.01. The van der Waals surface area contributed by atoms with E-state index in [9.17, 15) is 4.79 Å². The van der Waals surface area contributed by atoms with Crippen LogP contribution >= 0.6 is 0 Å². The van der Waals surface area contributed by atoms with Crippen molar-refractivity contribution in [2.75, 3.05) is 13.1 Å². The molecule has 3 heteroatoms. The summed E-state index contributed by atoms with van der Waals surface area (Å²) in [7, 11) is 0. The summed E-state index contributed by atoms with van der Waals surface area (Å²) in [5, 5.41) is 2.68. The average molecular weight is 154 g/mol. The second-order valence-corrected chi connectivity index (χ2v) is 2.64. The van der Waals surface area contributed by atoms with Crippen LogP contribution in [0.1, 0.15) is 19.8 Å². The van der Waals surface area contributed by atoms with Gasteiger partial charge in [-0.2, -0.15) is 0 Å². The van der Waals surface area contributed by atoms with Gasteiger partial charge in [0.1, 0.15) is 0 Å². The lowest BCUT2D eigenvalue weighted by Crippen LogP contribution is -2.34. The first kappa shape index (κ1) is 8.11. The van der Waals surface area contributed by atoms with E-state index in [0.717, 1.165) is 25.9 Å². The van der Waals surface area contributed by atoms with Crippen LogP contribution in [0.2, 0.25) is 0 Å². The van der Waals surface area contributed by atoms with Crippen molar-refractivity contribution in [1.29, 1.82) is 0 Å². The van der Waals surface area contributed by atoms with Crippen molar-refractivity contribution in [1.82, 2.24) is 10.2 Å². The van der Waals surface area contributed by atoms with Gasteiger partial charge in [0, 0.05) is 19.3 Å². The molecule has 0 aromatic rings. The molecule has 1 aliphatic rings. The molecule has 1 rings (SSSR count). The molecule has 1 heterocycles. The van der Waals surface area contributed by atoms with Gasteiger partial charge in [-0.15, -0.1) is 0 Å². The van der Waals surface area contributed by atoms with Crippen molar-refractivity contribution >= 4 is 6.03 Å². The summed E-state index contributed by atoms with van der Waals surface area (Å²) >= 11 is 0. The van der Waals surface area contributed by atoms with Crippen LogP contribution in [0.3, 0.4) is 0 Å². The van der Waals surface area contributed by atoms with E-state index in [1.165, 1.54) is 0 Å². The standard InChI is InChI=1S/C8H14N2O/c1-2-5-9-8(11)10-6-3-4-7-10/h2,5H,3-4,6-7H2,1H3,(H,9,11)/b5-2+. The molecular formula is C8H14N2O. The third-order valence-corrected chi connectivity index (χ3v) is 1.77. The lowest BCUT2D eigenvalue weighted by atomic mass is 10.4. The zero-order valence-electron chi connectivity index (χ0n) is 6.84. The Kier molecular flexibility index (Phi) is 2.95. The molecule has 0 aromatic carbocycles. The van der Waals surface area contributed by atoms with Crippen molar-refractivity contribution in [2.45, 2.75) is 19.8 Å². The normalized spacial score (nSPS) is 17.7. The van der Waals surface area contributed by atoms with Crippen LogP contribution in [0.5, 0.6) is 0 Å². The zero-order valence-corrected chi connectivity index (χ0v) is 6.84. The summed E-state index contributed by atoms with van der Waals surface area (Å²) in [5.41, 5.74) is 0. The molecule has 1 aliphatic heterocycles. The lowest BCUT2D eigenvalue weighted by molar-refractivity contribution is 0.212. The Morgan fingerprint density at radius 1 is 1.45 bits per heavy atom. The fourth-order valence-electron chi connectivity index (χ4n) is 1.17. The maximum Gasteiger partial charge on any atom is 0.321 e. The van der Waals surface area contributed by atoms with Crippen LogP contribution < -0.4 is 5.32 Å². The van der Waals surface area contributed by atoms with Crippen LogP contribution in [-0.4, -0.2) is 24.0 Å². The Balaban J connectivity index is 2.28. The number of rotatable bonds is 1. The predicted octanol–water partition coefficient (Wildman–Crippen LogP) is 1.33. The maximum absolute atomic E-state index is 11.2. The third kappa shape index (κ3) is 2.26. The Morgan fingerprint density at radius 3 is 2.64 bits per heavy atom. The largest absolute Gasteiger partial charge is 0.325 e. The summed E-state index contributed by atoms with van der Waals surface area (Å²) in [4.78, 5) is 13.0. The number of likely N-dealkylation sites (tertiary alicyclic amines) is 1. The van der Waals surface area contributed by atoms with Gasteiger partial charge in [-0.25, -0.2) is 4.79 Å². The lowest BCUT2D eigenvalue weighted by Gasteiger charge is -2.13. The highest BCUT2D eigenvalue weighted by Gasteiger charge is 2.15. The van der Waals surface area contributed by atoms with Gasteiger partial charge >= 0.3 is 6.03 Å². The number of nitrogens with zero attached hydrogens (tertiary/aromatic N) is 1. The topological polar surface area (TPSA) is 32.3 Å². The van der Waals surface area contributed by atoms with E-state index in [2.05, 4.69) is 5.32 Å². The second-order valence-electron chi connectivity index (χ2n) is 2.64. The van der Waals surface area contributed by atoms with Crippen LogP contribution in [0.25, 0.3) is 0 Å². The van der Waals surface area contributed by atoms with Crippen LogP contribution in [0, 0.1) is 0 Å². The minimum absolute atomic E-state index is 0.0283. The van der Waals surface area contributed by atoms with Gasteiger partial charge in [-0.05, 0) is 19.8 Å². The van der Waals surface area contributed by atoms with Crippen LogP contribution in [0.4, 0.5) is 4.79 Å². The molecule has 2 amide bonds. The molecule has 0 saturated carbocycles. The molecule has 0 radical (unpaired) electrons. The first-order valence-electron chi connectivity index (χ1n) is 4.01. The van der Waals surface area contributed by atoms with Gasteiger partial charge in [-0.3, -0.25) is 0 Å². The van der Waals surface area contributed by atoms with E-state index in [0.29, 0.717) is 0 Å². The summed E-state index contributed by atoms with van der Waals surface area (Å²) in [6.07, 6.45) is 5.77. The summed E-state index contributed by atoms with van der Waals surface area (Å²) in [6.45, 7) is 3.69. The van der Waals surface area contributed by atoms with Gasteiger partial charge in [0.25, 0.3) is 0 Å². The van der Waals surface area contributed by atoms with Gasteiger partial charge in [0.15, 0.2) is 0 Å². The highest BCUT2D eigenvalue weighted by molar-refractivity contribution is 5.75. The van der Waals surface area contributed by atoms with Gasteiger partial charge in [0.2, 0.25) is 0 Å². The number of allylic oxidation sites excluding steroid dienone is 1. The molecule has 3 nitrogen and oxygen atoms in total. The molecular weight excluding hydrogens is 140 g/mol. The minimum Gasteiger partial charge on any atom is -0.325 e. The molecule has 1 fully saturated rings. The number of nitrogens with one attached hydrogen (secondary N) is 1. The van der Waals surface area contributed by atoms with Crippen molar-refractivity contribution in [2.24, 2.45) is 0 Å². The Bertz CT molecular complexity index is 159. The van der Waals surface area contributed by atoms with Crippen LogP contribution in [0.15, 0.2) is 12.3 Å². The highest BCUT2D eigenvalue weighted by Crippen LogP contribution is 2.06. The summed E-state index contributed by atoms with van der Waals surface area (Å²) < 4.78 is 0. The molecule has 0 aliphatic carbocycles. The number of carbonyl (C=O) groups excluding carboxylic acids is 1. The van der Waals surface area contributed by atoms with E-state index < -0.39 is 0 Å². The third-order valence-electron chi connectivity index (χ3n) is 1.77. The van der Waals surface area contributed by atoms with Crippen LogP contribution in [-0.2, 0) is 0 Å². The fraction of sp³-hybridized carbons (Fsp3) is 0.625. The number of amides is 2. The van der Waals surface area contributed by atoms with Crippen molar-refractivity contribution < 1.29 is 4.79 Å². The van der Waals surface area contributed by atoms with E-state index in [1.807, 2.05) is 17.9 Å². The van der Waals surface area contributed by atoms with E-state index >= 15 is 0 Å². The quantitative estimate of drug-likeness (QED) is 0.607. The first-order chi connectivity index (χ1) is 5.34. The maximum atomic E-state index is 11.2. The van der Waals surface area contributed by atoms with Crippen molar-refractivity contribution in [3.05, 3.63) is 12.3 Å². The monoisotopic (exact) mass is 154 g/mol. The van der Waals surface area contributed by atoms with Crippen molar-refractivity contribution in [3.8, 4) is 0 Å². The number of carbonyl (C=O) groups is 1. The molecule has 1 N–H and O–H groups in total. The number of hydrogen-bond acceptors (Lipinski definition) is 1. The minimum atomic E-state index is 0.0283. The fourth-order valence-corrected chi connectivity index (χ4v) is 1.17.